The Bertz CT molecular complexity index is 753. The van der Waals surface area contributed by atoms with E-state index in [1.165, 1.54) is 4.68 Å². The van der Waals surface area contributed by atoms with Crippen LogP contribution in [0.1, 0.15) is 53.1 Å². The Labute approximate surface area is 135 Å². The average Bonchev–Trinajstić information content (AvgIpc) is 2.54. The SMILES string of the molecule is CCC[C@@H](NC(=O)c1c(C)c(C)nn(C)c1=O)c1ccccn1. The van der Waals surface area contributed by atoms with Crippen molar-refractivity contribution in [2.45, 2.75) is 39.7 Å². The number of aryl methyl sites for hydroxylation is 2. The lowest BCUT2D eigenvalue weighted by Crippen LogP contribution is -2.37. The first kappa shape index (κ1) is 16.9. The van der Waals surface area contributed by atoms with Gasteiger partial charge in [-0.15, -0.1) is 0 Å². The molecule has 0 aliphatic carbocycles. The number of aromatic nitrogens is 3. The number of rotatable bonds is 5. The minimum atomic E-state index is -0.387. The molecule has 0 radical (unpaired) electrons. The molecule has 2 heterocycles. The third-order valence-corrected chi connectivity index (χ3v) is 3.88. The minimum absolute atomic E-state index is 0.150. The van der Waals surface area contributed by atoms with Gasteiger partial charge in [0.2, 0.25) is 0 Å². The summed E-state index contributed by atoms with van der Waals surface area (Å²) in [5.74, 6) is -0.377. The fourth-order valence-corrected chi connectivity index (χ4v) is 2.51. The van der Waals surface area contributed by atoms with Crippen LogP contribution in [0.25, 0.3) is 0 Å². The highest BCUT2D eigenvalue weighted by Crippen LogP contribution is 2.17. The first-order valence-corrected chi connectivity index (χ1v) is 7.72. The number of hydrogen-bond donors (Lipinski definition) is 1. The molecule has 0 aromatic carbocycles. The lowest BCUT2D eigenvalue weighted by atomic mass is 10.1. The van der Waals surface area contributed by atoms with Gasteiger partial charge in [-0.2, -0.15) is 5.10 Å². The first-order chi connectivity index (χ1) is 11.0. The fraction of sp³-hybridized carbons (Fsp3) is 0.412. The van der Waals surface area contributed by atoms with Crippen LogP contribution >= 0.6 is 0 Å². The van der Waals surface area contributed by atoms with Gasteiger partial charge < -0.3 is 5.32 Å². The van der Waals surface area contributed by atoms with Gasteiger partial charge in [0.15, 0.2) is 0 Å². The zero-order valence-electron chi connectivity index (χ0n) is 14.0. The number of nitrogens with one attached hydrogen (secondary N) is 1. The van der Waals surface area contributed by atoms with Crippen molar-refractivity contribution < 1.29 is 4.79 Å². The van der Waals surface area contributed by atoms with Crippen molar-refractivity contribution in [1.82, 2.24) is 20.1 Å². The van der Waals surface area contributed by atoms with Crippen molar-refractivity contribution in [3.8, 4) is 0 Å². The maximum absolute atomic E-state index is 12.7. The molecule has 0 unspecified atom stereocenters. The normalized spacial score (nSPS) is 12.0. The van der Waals surface area contributed by atoms with Crippen molar-refractivity contribution in [3.05, 3.63) is 57.3 Å². The lowest BCUT2D eigenvalue weighted by molar-refractivity contribution is 0.0930. The second-order valence-electron chi connectivity index (χ2n) is 5.58. The van der Waals surface area contributed by atoms with Crippen molar-refractivity contribution in [3.63, 3.8) is 0 Å². The van der Waals surface area contributed by atoms with Gasteiger partial charge >= 0.3 is 0 Å². The first-order valence-electron chi connectivity index (χ1n) is 7.72. The van der Waals surface area contributed by atoms with Crippen LogP contribution in [0.3, 0.4) is 0 Å². The summed E-state index contributed by atoms with van der Waals surface area (Å²) in [6.07, 6.45) is 3.35. The predicted octanol–water partition coefficient (Wildman–Crippen LogP) is 2.06. The molecular weight excluding hydrogens is 292 g/mol. The quantitative estimate of drug-likeness (QED) is 0.916. The molecule has 1 amide bonds. The maximum Gasteiger partial charge on any atom is 0.279 e. The standard InChI is InChI=1S/C17H22N4O2/c1-5-8-14(13-9-6-7-10-18-13)19-16(22)15-11(2)12(3)20-21(4)17(15)23/h6-7,9-10,14H,5,8H2,1-4H3,(H,19,22)/t14-/m1/s1. The number of hydrogen-bond acceptors (Lipinski definition) is 4. The summed E-state index contributed by atoms with van der Waals surface area (Å²) in [6, 6.07) is 5.38. The molecule has 0 saturated heterocycles. The van der Waals surface area contributed by atoms with Gasteiger partial charge in [0.25, 0.3) is 11.5 Å². The van der Waals surface area contributed by atoms with Crippen LogP contribution in [0, 0.1) is 13.8 Å². The molecule has 6 nitrogen and oxygen atoms in total. The Morgan fingerprint density at radius 1 is 1.35 bits per heavy atom. The summed E-state index contributed by atoms with van der Waals surface area (Å²) in [7, 11) is 1.55. The molecule has 0 fully saturated rings. The van der Waals surface area contributed by atoms with Crippen LogP contribution in [-0.2, 0) is 7.05 Å². The van der Waals surface area contributed by atoms with Crippen LogP contribution in [0.5, 0.6) is 0 Å². The molecule has 2 aromatic heterocycles. The Balaban J connectivity index is 2.36. The lowest BCUT2D eigenvalue weighted by Gasteiger charge is -2.18. The van der Waals surface area contributed by atoms with Crippen molar-refractivity contribution >= 4 is 5.91 Å². The highest BCUT2D eigenvalue weighted by atomic mass is 16.2. The van der Waals surface area contributed by atoms with Gasteiger partial charge in [-0.3, -0.25) is 14.6 Å². The summed E-state index contributed by atoms with van der Waals surface area (Å²) in [5, 5.41) is 7.05. The van der Waals surface area contributed by atoms with Gasteiger partial charge in [-0.05, 0) is 38.0 Å². The van der Waals surface area contributed by atoms with Crippen LogP contribution in [0.4, 0.5) is 0 Å². The fourth-order valence-electron chi connectivity index (χ4n) is 2.51. The van der Waals surface area contributed by atoms with E-state index in [1.807, 2.05) is 25.1 Å². The molecule has 0 aliphatic rings. The van der Waals surface area contributed by atoms with E-state index in [0.29, 0.717) is 11.3 Å². The second-order valence-corrected chi connectivity index (χ2v) is 5.58. The third kappa shape index (κ3) is 3.64. The molecule has 0 saturated carbocycles. The molecule has 23 heavy (non-hydrogen) atoms. The largest absolute Gasteiger partial charge is 0.343 e. The van der Waals surface area contributed by atoms with E-state index in [1.54, 1.807) is 27.1 Å². The number of amides is 1. The van der Waals surface area contributed by atoms with E-state index in [-0.39, 0.29) is 23.1 Å². The van der Waals surface area contributed by atoms with Gasteiger partial charge in [-0.25, -0.2) is 4.68 Å². The molecule has 1 atom stereocenters. The van der Waals surface area contributed by atoms with E-state index in [0.717, 1.165) is 18.5 Å². The summed E-state index contributed by atoms with van der Waals surface area (Å²) < 4.78 is 1.20. The molecule has 0 bridgehead atoms. The Morgan fingerprint density at radius 3 is 2.70 bits per heavy atom. The van der Waals surface area contributed by atoms with E-state index < -0.39 is 0 Å². The van der Waals surface area contributed by atoms with E-state index in [2.05, 4.69) is 15.4 Å². The molecular formula is C17H22N4O2. The Hall–Kier alpha value is -2.50. The Kier molecular flexibility index (Phi) is 5.26. The van der Waals surface area contributed by atoms with Crippen LogP contribution in [0.15, 0.2) is 29.2 Å². The number of carbonyl (C=O) groups is 1. The van der Waals surface area contributed by atoms with E-state index in [4.69, 9.17) is 0 Å². The minimum Gasteiger partial charge on any atom is -0.343 e. The van der Waals surface area contributed by atoms with Crippen LogP contribution in [0.2, 0.25) is 0 Å². The van der Waals surface area contributed by atoms with Crippen LogP contribution in [-0.4, -0.2) is 20.7 Å². The summed E-state index contributed by atoms with van der Waals surface area (Å²) in [6.45, 7) is 5.57. The van der Waals surface area contributed by atoms with E-state index >= 15 is 0 Å². The summed E-state index contributed by atoms with van der Waals surface area (Å²) in [4.78, 5) is 29.3. The highest BCUT2D eigenvalue weighted by Gasteiger charge is 2.21. The number of nitrogens with zero attached hydrogens (tertiary/aromatic N) is 3. The molecule has 2 aromatic rings. The molecule has 2 rings (SSSR count). The molecule has 0 aliphatic heterocycles. The third-order valence-electron chi connectivity index (χ3n) is 3.88. The van der Waals surface area contributed by atoms with Gasteiger partial charge in [0, 0.05) is 13.2 Å². The number of carbonyl (C=O) groups excluding carboxylic acids is 1. The Morgan fingerprint density at radius 2 is 2.09 bits per heavy atom. The molecule has 6 heteroatoms. The van der Waals surface area contributed by atoms with Gasteiger partial charge in [-0.1, -0.05) is 19.4 Å². The van der Waals surface area contributed by atoms with Gasteiger partial charge in [0.1, 0.15) is 5.56 Å². The van der Waals surface area contributed by atoms with Crippen LogP contribution < -0.4 is 10.9 Å². The van der Waals surface area contributed by atoms with Crippen molar-refractivity contribution in [1.29, 1.82) is 0 Å². The second kappa shape index (κ2) is 7.17. The van der Waals surface area contributed by atoms with Gasteiger partial charge in [0.05, 0.1) is 17.4 Å². The van der Waals surface area contributed by atoms with Crippen molar-refractivity contribution in [2.24, 2.45) is 7.05 Å². The molecule has 0 spiro atoms. The monoisotopic (exact) mass is 314 g/mol. The summed E-state index contributed by atoms with van der Waals surface area (Å²) >= 11 is 0. The highest BCUT2D eigenvalue weighted by molar-refractivity contribution is 5.95. The topological polar surface area (TPSA) is 76.9 Å². The molecule has 122 valence electrons. The predicted molar refractivity (Wildman–Crippen MR) is 88.3 cm³/mol. The average molecular weight is 314 g/mol. The zero-order valence-corrected chi connectivity index (χ0v) is 14.0. The van der Waals surface area contributed by atoms with E-state index in [9.17, 15) is 9.59 Å². The smallest absolute Gasteiger partial charge is 0.279 e. The maximum atomic E-state index is 12.7. The van der Waals surface area contributed by atoms with Crippen molar-refractivity contribution in [2.75, 3.05) is 0 Å². The number of pyridine rings is 1. The zero-order chi connectivity index (χ0) is 17.0. The summed E-state index contributed by atoms with van der Waals surface area (Å²) in [5.41, 5.74) is 1.84. The molecule has 1 N–H and O–H groups in total.